The molecule has 0 saturated carbocycles. The lowest BCUT2D eigenvalue weighted by molar-refractivity contribution is -0.119. The fourth-order valence-corrected chi connectivity index (χ4v) is 0. The maximum absolute atomic E-state index is 8.80. The summed E-state index contributed by atoms with van der Waals surface area (Å²) in [6.45, 7) is 0. The standard InChI is InChI=1S/H2O3S/c1-3-4-2/h1,4H. The molecule has 3 nitrogen and oxygen atoms in total. The van der Waals surface area contributed by atoms with Crippen LogP contribution in [0.15, 0.2) is 0 Å². The molecule has 0 rings (SSSR count). The number of thiol groups is 1. The largest absolute Gasteiger partial charge is 0.237 e. The van der Waals surface area contributed by atoms with Crippen molar-refractivity contribution in [1.29, 1.82) is 0 Å². The topological polar surface area (TPSA) is 46.5 Å². The second-order valence-corrected chi connectivity index (χ2v) is 0.469. The fourth-order valence-electron chi connectivity index (χ4n) is 0. The van der Waals surface area contributed by atoms with Gasteiger partial charge in [-0.15, -0.1) is 4.33 Å². The third-order valence-corrected chi connectivity index (χ3v) is 0.100. The zero-order valence-corrected chi connectivity index (χ0v) is 2.61. The first-order valence-electron chi connectivity index (χ1n) is 0.548. The van der Waals surface area contributed by atoms with E-state index in [-0.39, 0.29) is 0 Å². The summed E-state index contributed by atoms with van der Waals surface area (Å²) >= 11 is -0.696. The Kier molecular flexibility index (Phi) is 3.12. The van der Waals surface area contributed by atoms with Gasteiger partial charge in [-0.25, -0.2) is 9.47 Å². The highest BCUT2D eigenvalue weighted by Gasteiger charge is 1.46. The molecule has 0 unspecified atom stereocenters. The highest BCUT2D eigenvalue weighted by molar-refractivity contribution is 7.60. The highest BCUT2D eigenvalue weighted by atomic mass is 32.2. The summed E-state index contributed by atoms with van der Waals surface area (Å²) in [7, 11) is 0. The van der Waals surface area contributed by atoms with E-state index in [2.05, 4.69) is 4.33 Å². The van der Waals surface area contributed by atoms with Gasteiger partial charge >= 0.3 is 0 Å². The normalized spacial score (nSPS) is 7.25. The van der Waals surface area contributed by atoms with Gasteiger partial charge in [-0.1, -0.05) is 0 Å². The molecule has 0 amide bonds. The third-order valence-electron chi connectivity index (χ3n) is 0.0333. The average molecular weight is 82.1 g/mol. The predicted octanol–water partition coefficient (Wildman–Crippen LogP) is -0.664. The number of rotatable bonds is 1. The Morgan fingerprint density at radius 2 is 2.25 bits per heavy atom. The van der Waals surface area contributed by atoms with Crippen LogP contribution in [-0.2, 0) is 16.3 Å². The Morgan fingerprint density at radius 3 is 2.25 bits per heavy atom. The number of hydrogen-bond donors (Lipinski definition) is 2. The summed E-state index contributed by atoms with van der Waals surface area (Å²) in [5.74, 6) is 0. The van der Waals surface area contributed by atoms with Crippen LogP contribution in [0.5, 0.6) is 0 Å². The average Bonchev–Trinajstić information content (AvgIpc) is 1.37. The summed E-state index contributed by atoms with van der Waals surface area (Å²) in [5.41, 5.74) is 0. The van der Waals surface area contributed by atoms with Crippen LogP contribution in [0.3, 0.4) is 0 Å². The van der Waals surface area contributed by atoms with Crippen LogP contribution in [0.1, 0.15) is 0 Å². The molecule has 4 heavy (non-hydrogen) atoms. The second kappa shape index (κ2) is 3.07. The Labute approximate surface area is 26.8 Å². The Morgan fingerprint density at radius 1 is 2.00 bits per heavy atom. The molecule has 0 aliphatic carbocycles. The molecular formula is H2O3S. The monoisotopic (exact) mass is 82.0 g/mol. The van der Waals surface area contributed by atoms with E-state index in [1.165, 1.54) is 0 Å². The van der Waals surface area contributed by atoms with Crippen molar-refractivity contribution < 1.29 is 13.8 Å². The Bertz CT molecular complexity index is 17.2. The van der Waals surface area contributed by atoms with Crippen molar-refractivity contribution in [1.82, 2.24) is 0 Å². The van der Waals surface area contributed by atoms with Crippen LogP contribution in [0.4, 0.5) is 0 Å². The SMILES string of the molecule is O=[SH]OO. The van der Waals surface area contributed by atoms with Gasteiger partial charge in [0.15, 0.2) is 11.9 Å². The van der Waals surface area contributed by atoms with Crippen molar-refractivity contribution in [2.24, 2.45) is 0 Å². The first kappa shape index (κ1) is 4.07. The van der Waals surface area contributed by atoms with Crippen LogP contribution in [0.2, 0.25) is 0 Å². The molecule has 0 radical (unpaired) electrons. The van der Waals surface area contributed by atoms with E-state index in [4.69, 9.17) is 9.47 Å². The summed E-state index contributed by atoms with van der Waals surface area (Å²) in [5, 5.41) is 7.05. The van der Waals surface area contributed by atoms with Gasteiger partial charge in [0.2, 0.25) is 0 Å². The minimum Gasteiger partial charge on any atom is -0.237 e. The van der Waals surface area contributed by atoms with Gasteiger partial charge in [0, 0.05) is 0 Å². The van der Waals surface area contributed by atoms with E-state index in [0.717, 1.165) is 0 Å². The molecule has 0 saturated heterocycles. The van der Waals surface area contributed by atoms with Crippen LogP contribution in [0.25, 0.3) is 0 Å². The van der Waals surface area contributed by atoms with Gasteiger partial charge in [-0.05, 0) is 0 Å². The maximum atomic E-state index is 8.80. The van der Waals surface area contributed by atoms with Crippen LogP contribution < -0.4 is 0 Å². The molecule has 0 aromatic rings. The molecule has 0 spiro atoms. The molecule has 0 aliphatic heterocycles. The van der Waals surface area contributed by atoms with E-state index in [0.29, 0.717) is 0 Å². The van der Waals surface area contributed by atoms with Crippen molar-refractivity contribution in [3.8, 4) is 0 Å². The molecule has 0 fully saturated rings. The first-order chi connectivity index (χ1) is 1.91. The van der Waals surface area contributed by atoms with Gasteiger partial charge in [-0.3, -0.25) is 0 Å². The number of hydrogen-bond acceptors (Lipinski definition) is 3. The molecular weight excluding hydrogens is 80.1 g/mol. The lowest BCUT2D eigenvalue weighted by Crippen LogP contribution is -1.63. The molecule has 0 bridgehead atoms. The molecule has 0 atom stereocenters. The van der Waals surface area contributed by atoms with Gasteiger partial charge in [-0.2, -0.15) is 0 Å². The quantitative estimate of drug-likeness (QED) is 0.251. The van der Waals surface area contributed by atoms with Crippen LogP contribution in [-0.4, -0.2) is 9.47 Å². The summed E-state index contributed by atoms with van der Waals surface area (Å²) in [6, 6.07) is 0. The zero-order chi connectivity index (χ0) is 3.41. The van der Waals surface area contributed by atoms with Crippen molar-refractivity contribution in [3.05, 3.63) is 0 Å². The minimum absolute atomic E-state index is 0.696. The van der Waals surface area contributed by atoms with Gasteiger partial charge < -0.3 is 0 Å². The zero-order valence-electron chi connectivity index (χ0n) is 1.71. The van der Waals surface area contributed by atoms with Gasteiger partial charge in [0.1, 0.15) is 0 Å². The van der Waals surface area contributed by atoms with Gasteiger partial charge in [0.05, 0.1) is 0 Å². The molecule has 26 valence electrons. The molecule has 0 heterocycles. The Balaban J connectivity index is 2.30. The van der Waals surface area contributed by atoms with E-state index in [1.54, 1.807) is 0 Å². The van der Waals surface area contributed by atoms with Crippen molar-refractivity contribution in [2.75, 3.05) is 0 Å². The van der Waals surface area contributed by atoms with E-state index >= 15 is 0 Å². The van der Waals surface area contributed by atoms with Gasteiger partial charge in [0.25, 0.3) is 0 Å². The van der Waals surface area contributed by atoms with E-state index < -0.39 is 11.9 Å². The summed E-state index contributed by atoms with van der Waals surface area (Å²) in [4.78, 5) is 0. The van der Waals surface area contributed by atoms with E-state index in [9.17, 15) is 0 Å². The maximum Gasteiger partial charge on any atom is 0.174 e. The predicted molar refractivity (Wildman–Crippen MR) is 13.3 cm³/mol. The summed E-state index contributed by atoms with van der Waals surface area (Å²) < 4.78 is 11.8. The van der Waals surface area contributed by atoms with Crippen LogP contribution >= 0.6 is 0 Å². The second-order valence-electron chi connectivity index (χ2n) is 0.156. The molecule has 4 heteroatoms. The minimum atomic E-state index is -0.696. The third kappa shape index (κ3) is 2.07. The van der Waals surface area contributed by atoms with E-state index in [1.807, 2.05) is 0 Å². The molecule has 1 N–H and O–H groups in total. The molecule has 0 aromatic heterocycles. The highest BCUT2D eigenvalue weighted by Crippen LogP contribution is 1.41. The molecule has 0 aliphatic rings. The van der Waals surface area contributed by atoms with Crippen LogP contribution in [0, 0.1) is 0 Å². The lowest BCUT2D eigenvalue weighted by atomic mass is 15.0. The Hall–Kier alpha value is 0.0700. The first-order valence-corrected chi connectivity index (χ1v) is 1.28. The fraction of sp³-hybridized carbons (Fsp3) is 0. The van der Waals surface area contributed by atoms with Crippen molar-refractivity contribution in [3.63, 3.8) is 0 Å². The smallest absolute Gasteiger partial charge is 0.174 e. The lowest BCUT2D eigenvalue weighted by Gasteiger charge is -1.59. The summed E-state index contributed by atoms with van der Waals surface area (Å²) in [6.07, 6.45) is 0. The molecule has 0 aromatic carbocycles. The van der Waals surface area contributed by atoms with Crippen molar-refractivity contribution >= 4 is 11.9 Å². The van der Waals surface area contributed by atoms with Crippen molar-refractivity contribution in [2.45, 2.75) is 0 Å².